The van der Waals surface area contributed by atoms with E-state index < -0.39 is 30.4 Å². The minimum absolute atomic E-state index is 0.242. The van der Waals surface area contributed by atoms with Gasteiger partial charge in [-0.25, -0.2) is 0 Å². The van der Waals surface area contributed by atoms with E-state index >= 15 is 0 Å². The molecule has 2 saturated heterocycles. The Balaban J connectivity index is 2.23. The van der Waals surface area contributed by atoms with Gasteiger partial charge in [0.1, 0.15) is 0 Å². The van der Waals surface area contributed by atoms with Crippen molar-refractivity contribution in [2.24, 2.45) is 0 Å². The van der Waals surface area contributed by atoms with E-state index in [2.05, 4.69) is 0 Å². The fourth-order valence-corrected chi connectivity index (χ4v) is 2.83. The molecule has 0 aromatic heterocycles. The maximum atomic E-state index is 9.70. The molecule has 2 aliphatic heterocycles. The van der Waals surface area contributed by atoms with Crippen molar-refractivity contribution >= 4 is 0 Å². The van der Waals surface area contributed by atoms with Crippen molar-refractivity contribution in [2.75, 3.05) is 13.2 Å². The van der Waals surface area contributed by atoms with Crippen molar-refractivity contribution in [3.8, 4) is 0 Å². The Labute approximate surface area is 87.4 Å². The van der Waals surface area contributed by atoms with Crippen LogP contribution in [0.5, 0.6) is 0 Å². The fourth-order valence-electron chi connectivity index (χ4n) is 2.83. The van der Waals surface area contributed by atoms with Crippen molar-refractivity contribution in [1.82, 2.24) is 4.90 Å². The predicted molar refractivity (Wildman–Crippen MR) is 50.0 cm³/mol. The molecule has 0 spiro atoms. The standard InChI is InChI=1S/C9H17NO5/c11-2-5-7(13)1-4-8(14)9(15)6(3-12)10(4)5/h4-9,11-15H,1-3H2/t4-,5+,6-,7-,8-,9-/m1/s1. The lowest BCUT2D eigenvalue weighted by atomic mass is 10.0. The van der Waals surface area contributed by atoms with Crippen molar-refractivity contribution < 1.29 is 25.5 Å². The van der Waals surface area contributed by atoms with Gasteiger partial charge in [0.25, 0.3) is 0 Å². The summed E-state index contributed by atoms with van der Waals surface area (Å²) in [6.45, 7) is -0.536. The van der Waals surface area contributed by atoms with Crippen LogP contribution in [0.3, 0.4) is 0 Å². The van der Waals surface area contributed by atoms with Crippen LogP contribution in [0.1, 0.15) is 6.42 Å². The molecule has 2 aliphatic rings. The van der Waals surface area contributed by atoms with Gasteiger partial charge in [-0.15, -0.1) is 0 Å². The average Bonchev–Trinajstić information content (AvgIpc) is 2.65. The van der Waals surface area contributed by atoms with E-state index in [0.717, 1.165) is 0 Å². The first-order valence-corrected chi connectivity index (χ1v) is 5.15. The van der Waals surface area contributed by atoms with Crippen LogP contribution in [-0.4, -0.2) is 80.1 Å². The highest BCUT2D eigenvalue weighted by atomic mass is 16.3. The van der Waals surface area contributed by atoms with Crippen LogP contribution < -0.4 is 0 Å². The smallest absolute Gasteiger partial charge is 0.0991 e. The minimum atomic E-state index is -1.01. The Morgan fingerprint density at radius 3 is 2.07 bits per heavy atom. The van der Waals surface area contributed by atoms with Crippen LogP contribution in [0.15, 0.2) is 0 Å². The Kier molecular flexibility index (Phi) is 2.98. The third-order valence-electron chi connectivity index (χ3n) is 3.59. The molecular formula is C9H17NO5. The van der Waals surface area contributed by atoms with Gasteiger partial charge < -0.3 is 25.5 Å². The van der Waals surface area contributed by atoms with Crippen LogP contribution in [-0.2, 0) is 0 Å². The summed E-state index contributed by atoms with van der Waals surface area (Å²) >= 11 is 0. The molecular weight excluding hydrogens is 202 g/mol. The van der Waals surface area contributed by atoms with E-state index in [4.69, 9.17) is 10.2 Å². The molecule has 2 rings (SSSR count). The second-order valence-corrected chi connectivity index (χ2v) is 4.30. The molecule has 0 radical (unpaired) electrons. The van der Waals surface area contributed by atoms with Gasteiger partial charge in [0.15, 0.2) is 0 Å². The second kappa shape index (κ2) is 3.97. The van der Waals surface area contributed by atoms with Crippen LogP contribution in [0.4, 0.5) is 0 Å². The minimum Gasteiger partial charge on any atom is -0.395 e. The zero-order chi connectivity index (χ0) is 11.2. The molecule has 2 fully saturated rings. The molecule has 5 N–H and O–H groups in total. The Bertz CT molecular complexity index is 237. The maximum absolute atomic E-state index is 9.70. The molecule has 2 heterocycles. The average molecular weight is 219 g/mol. The summed E-state index contributed by atoms with van der Waals surface area (Å²) in [5.41, 5.74) is 0. The number of fused-ring (bicyclic) bond motifs is 1. The summed E-state index contributed by atoms with van der Waals surface area (Å²) in [5.74, 6) is 0. The molecule has 15 heavy (non-hydrogen) atoms. The highest BCUT2D eigenvalue weighted by Gasteiger charge is 2.55. The van der Waals surface area contributed by atoms with Gasteiger partial charge in [-0.2, -0.15) is 0 Å². The zero-order valence-corrected chi connectivity index (χ0v) is 8.27. The third kappa shape index (κ3) is 1.49. The Morgan fingerprint density at radius 1 is 0.933 bits per heavy atom. The van der Waals surface area contributed by atoms with Crippen LogP contribution in [0.2, 0.25) is 0 Å². The first-order chi connectivity index (χ1) is 7.11. The normalized spacial score (nSPS) is 51.0. The molecule has 0 amide bonds. The summed E-state index contributed by atoms with van der Waals surface area (Å²) in [5, 5.41) is 47.2. The number of nitrogens with zero attached hydrogens (tertiary/aromatic N) is 1. The van der Waals surface area contributed by atoms with E-state index in [1.807, 2.05) is 0 Å². The molecule has 6 atom stereocenters. The molecule has 0 aromatic rings. The quantitative estimate of drug-likeness (QED) is 0.336. The molecule has 0 aliphatic carbocycles. The van der Waals surface area contributed by atoms with Gasteiger partial charge in [-0.1, -0.05) is 0 Å². The van der Waals surface area contributed by atoms with Gasteiger partial charge in [-0.3, -0.25) is 4.90 Å². The van der Waals surface area contributed by atoms with Crippen molar-refractivity contribution in [3.05, 3.63) is 0 Å². The van der Waals surface area contributed by atoms with E-state index in [-0.39, 0.29) is 19.3 Å². The summed E-state index contributed by atoms with van der Waals surface area (Å²) in [4.78, 5) is 1.64. The van der Waals surface area contributed by atoms with Crippen LogP contribution in [0.25, 0.3) is 0 Å². The fraction of sp³-hybridized carbons (Fsp3) is 1.00. The first kappa shape index (κ1) is 11.3. The SMILES string of the molecule is OC[C@@H]1[C@@H](O)[C@H](O)[C@H]2C[C@@H](O)[C@H](CO)N12. The number of hydrogen-bond donors (Lipinski definition) is 5. The lowest BCUT2D eigenvalue weighted by Gasteiger charge is -2.29. The number of rotatable bonds is 2. The topological polar surface area (TPSA) is 104 Å². The van der Waals surface area contributed by atoms with Gasteiger partial charge in [0.2, 0.25) is 0 Å². The van der Waals surface area contributed by atoms with Crippen molar-refractivity contribution in [1.29, 1.82) is 0 Å². The van der Waals surface area contributed by atoms with E-state index in [1.165, 1.54) is 0 Å². The zero-order valence-electron chi connectivity index (χ0n) is 8.27. The molecule has 88 valence electrons. The van der Waals surface area contributed by atoms with Crippen molar-refractivity contribution in [3.63, 3.8) is 0 Å². The Morgan fingerprint density at radius 2 is 1.53 bits per heavy atom. The lowest BCUT2D eigenvalue weighted by Crippen LogP contribution is -2.47. The van der Waals surface area contributed by atoms with Gasteiger partial charge in [0, 0.05) is 6.04 Å². The van der Waals surface area contributed by atoms with Gasteiger partial charge in [0.05, 0.1) is 43.6 Å². The van der Waals surface area contributed by atoms with E-state index in [9.17, 15) is 15.3 Å². The number of hydrogen-bond acceptors (Lipinski definition) is 6. The molecule has 0 saturated carbocycles. The Hall–Kier alpha value is -0.240. The molecule has 6 nitrogen and oxygen atoms in total. The summed E-state index contributed by atoms with van der Waals surface area (Å²) in [6.07, 6.45) is -2.37. The molecule has 0 bridgehead atoms. The highest BCUT2D eigenvalue weighted by molar-refractivity contribution is 5.09. The first-order valence-electron chi connectivity index (χ1n) is 5.15. The molecule has 0 aromatic carbocycles. The van der Waals surface area contributed by atoms with E-state index in [0.29, 0.717) is 6.42 Å². The van der Waals surface area contributed by atoms with Gasteiger partial charge >= 0.3 is 0 Å². The summed E-state index contributed by atoms with van der Waals surface area (Å²) in [7, 11) is 0. The van der Waals surface area contributed by atoms with Gasteiger partial charge in [-0.05, 0) is 6.42 Å². The summed E-state index contributed by atoms with van der Waals surface area (Å²) in [6, 6.07) is -1.47. The highest BCUT2D eigenvalue weighted by Crippen LogP contribution is 2.37. The second-order valence-electron chi connectivity index (χ2n) is 4.30. The largest absolute Gasteiger partial charge is 0.395 e. The van der Waals surface area contributed by atoms with E-state index in [1.54, 1.807) is 4.90 Å². The van der Waals surface area contributed by atoms with Crippen molar-refractivity contribution in [2.45, 2.75) is 42.9 Å². The molecule has 0 unspecified atom stereocenters. The number of aliphatic hydroxyl groups is 5. The van der Waals surface area contributed by atoms with Crippen LogP contribution >= 0.6 is 0 Å². The molecule has 6 heteroatoms. The monoisotopic (exact) mass is 219 g/mol. The predicted octanol–water partition coefficient (Wildman–Crippen LogP) is -3.12. The maximum Gasteiger partial charge on any atom is 0.0991 e. The lowest BCUT2D eigenvalue weighted by molar-refractivity contribution is -0.00776. The summed E-state index contributed by atoms with van der Waals surface area (Å²) < 4.78 is 0. The number of aliphatic hydroxyl groups excluding tert-OH is 5. The van der Waals surface area contributed by atoms with Crippen LogP contribution in [0, 0.1) is 0 Å². The third-order valence-corrected chi connectivity index (χ3v) is 3.59.